The van der Waals surface area contributed by atoms with Crippen molar-refractivity contribution in [1.29, 1.82) is 0 Å². The van der Waals surface area contributed by atoms with Crippen molar-refractivity contribution in [3.8, 4) is 0 Å². The Morgan fingerprint density at radius 3 is 2.38 bits per heavy atom. The number of alkyl halides is 2. The smallest absolute Gasteiger partial charge is 0.307 e. The molecule has 0 aromatic heterocycles. The van der Waals surface area contributed by atoms with Gasteiger partial charge in [0.2, 0.25) is 0 Å². The van der Waals surface area contributed by atoms with E-state index in [9.17, 15) is 4.79 Å². The van der Waals surface area contributed by atoms with Crippen LogP contribution in [0.5, 0.6) is 0 Å². The van der Waals surface area contributed by atoms with E-state index in [1.165, 1.54) is 0 Å². The number of hydrogen-bond donors (Lipinski definition) is 1. The highest BCUT2D eigenvalue weighted by molar-refractivity contribution is 6.44. The first-order valence-electron chi connectivity index (χ1n) is 4.53. The Labute approximate surface area is 88.2 Å². The molecule has 0 bridgehead atoms. The van der Waals surface area contributed by atoms with E-state index in [1.54, 1.807) is 0 Å². The van der Waals surface area contributed by atoms with Gasteiger partial charge in [-0.15, -0.1) is 23.2 Å². The van der Waals surface area contributed by atoms with Crippen LogP contribution in [0.15, 0.2) is 0 Å². The summed E-state index contributed by atoms with van der Waals surface area (Å²) in [6.07, 6.45) is 2.64. The Morgan fingerprint density at radius 2 is 2.08 bits per heavy atom. The Hall–Kier alpha value is 0.0500. The molecule has 0 saturated heterocycles. The van der Waals surface area contributed by atoms with Crippen LogP contribution in [-0.4, -0.2) is 15.9 Å². The molecule has 1 N–H and O–H groups in total. The summed E-state index contributed by atoms with van der Waals surface area (Å²) in [5.74, 6) is -0.520. The lowest BCUT2D eigenvalue weighted by molar-refractivity contribution is -0.144. The molecule has 1 saturated carbocycles. The first kappa shape index (κ1) is 11.1. The van der Waals surface area contributed by atoms with Gasteiger partial charge in [-0.1, -0.05) is 6.92 Å². The average Bonchev–Trinajstić information content (AvgIpc) is 2.68. The molecular formula is C9H14Cl2O2. The number of rotatable bonds is 5. The first-order valence-corrected chi connectivity index (χ1v) is 5.40. The van der Waals surface area contributed by atoms with Crippen molar-refractivity contribution in [2.75, 3.05) is 0 Å². The lowest BCUT2D eigenvalue weighted by Gasteiger charge is -2.19. The number of carboxylic acid groups (broad SMARTS) is 1. The van der Waals surface area contributed by atoms with Crippen LogP contribution in [0.1, 0.15) is 26.2 Å². The molecule has 0 heterocycles. The highest BCUT2D eigenvalue weighted by atomic mass is 35.5. The van der Waals surface area contributed by atoms with Crippen LogP contribution in [0, 0.1) is 17.8 Å². The minimum atomic E-state index is -0.705. The summed E-state index contributed by atoms with van der Waals surface area (Å²) in [5, 5.41) is 8.98. The van der Waals surface area contributed by atoms with E-state index in [0.29, 0.717) is 12.3 Å². The molecule has 0 spiro atoms. The number of aliphatic carboxylic acids is 1. The molecule has 0 aromatic rings. The van der Waals surface area contributed by atoms with E-state index in [1.807, 2.05) is 6.92 Å². The number of halogens is 2. The van der Waals surface area contributed by atoms with E-state index in [0.717, 1.165) is 12.8 Å². The van der Waals surface area contributed by atoms with E-state index >= 15 is 0 Å². The average molecular weight is 225 g/mol. The third-order valence-corrected chi connectivity index (χ3v) is 2.93. The summed E-state index contributed by atoms with van der Waals surface area (Å²) in [6.45, 7) is 1.91. The second-order valence-corrected chi connectivity index (χ2v) is 5.08. The topological polar surface area (TPSA) is 37.3 Å². The van der Waals surface area contributed by atoms with Crippen LogP contribution in [0.2, 0.25) is 0 Å². The lowest BCUT2D eigenvalue weighted by atomic mass is 9.88. The van der Waals surface area contributed by atoms with Crippen molar-refractivity contribution in [2.45, 2.75) is 31.0 Å². The molecule has 1 fully saturated rings. The fourth-order valence-corrected chi connectivity index (χ4v) is 2.35. The number of carboxylic acids is 1. The third-order valence-electron chi connectivity index (χ3n) is 2.58. The maximum atomic E-state index is 10.9. The molecule has 1 rings (SSSR count). The van der Waals surface area contributed by atoms with E-state index in [-0.39, 0.29) is 11.8 Å². The Bertz CT molecular complexity index is 190. The molecule has 2 unspecified atom stereocenters. The third kappa shape index (κ3) is 3.35. The molecule has 0 aliphatic heterocycles. The van der Waals surface area contributed by atoms with Gasteiger partial charge in [0.05, 0.1) is 5.92 Å². The van der Waals surface area contributed by atoms with Crippen molar-refractivity contribution in [2.24, 2.45) is 17.8 Å². The zero-order valence-electron chi connectivity index (χ0n) is 7.54. The van der Waals surface area contributed by atoms with Gasteiger partial charge in [-0.25, -0.2) is 0 Å². The molecule has 1 aliphatic rings. The molecule has 76 valence electrons. The van der Waals surface area contributed by atoms with Gasteiger partial charge in [-0.2, -0.15) is 0 Å². The summed E-state index contributed by atoms with van der Waals surface area (Å²) in [6, 6.07) is 0. The molecule has 2 atom stereocenters. The fraction of sp³-hybridized carbons (Fsp3) is 0.889. The highest BCUT2D eigenvalue weighted by Crippen LogP contribution is 2.42. The maximum Gasteiger partial charge on any atom is 0.307 e. The van der Waals surface area contributed by atoms with Crippen LogP contribution in [0.4, 0.5) is 0 Å². The zero-order chi connectivity index (χ0) is 10.0. The summed E-state index contributed by atoms with van der Waals surface area (Å²) in [5.41, 5.74) is 0. The molecular weight excluding hydrogens is 211 g/mol. The normalized spacial score (nSPS) is 21.5. The second kappa shape index (κ2) is 4.52. The highest BCUT2D eigenvalue weighted by Gasteiger charge is 2.39. The summed E-state index contributed by atoms with van der Waals surface area (Å²) >= 11 is 11.2. The Morgan fingerprint density at radius 1 is 1.54 bits per heavy atom. The van der Waals surface area contributed by atoms with Crippen LogP contribution < -0.4 is 0 Å². The van der Waals surface area contributed by atoms with Gasteiger partial charge >= 0.3 is 5.97 Å². The van der Waals surface area contributed by atoms with Crippen molar-refractivity contribution in [1.82, 2.24) is 0 Å². The van der Waals surface area contributed by atoms with Gasteiger partial charge in [-0.05, 0) is 31.1 Å². The standard InChI is InChI=1S/C9H14Cl2O2/c1-5(4-7(10)11)8(9(12)13)6-2-3-6/h5-8H,2-4H2,1H3,(H,12,13). The Kier molecular flexibility index (Phi) is 3.87. The molecule has 1 aliphatic carbocycles. The van der Waals surface area contributed by atoms with E-state index < -0.39 is 10.8 Å². The zero-order valence-corrected chi connectivity index (χ0v) is 9.05. The first-order chi connectivity index (χ1) is 6.02. The molecule has 13 heavy (non-hydrogen) atoms. The lowest BCUT2D eigenvalue weighted by Crippen LogP contribution is -2.24. The fourth-order valence-electron chi connectivity index (χ4n) is 1.79. The van der Waals surface area contributed by atoms with Crippen molar-refractivity contribution in [3.05, 3.63) is 0 Å². The van der Waals surface area contributed by atoms with Gasteiger partial charge in [0, 0.05) is 0 Å². The largest absolute Gasteiger partial charge is 0.481 e. The van der Waals surface area contributed by atoms with Crippen LogP contribution >= 0.6 is 23.2 Å². The molecule has 2 nitrogen and oxygen atoms in total. The summed E-state index contributed by atoms with van der Waals surface area (Å²) in [7, 11) is 0. The maximum absolute atomic E-state index is 10.9. The van der Waals surface area contributed by atoms with Crippen LogP contribution in [-0.2, 0) is 4.79 Å². The number of carbonyl (C=O) groups is 1. The number of hydrogen-bond acceptors (Lipinski definition) is 1. The molecule has 0 amide bonds. The predicted octanol–water partition coefficient (Wildman–Crippen LogP) is 2.93. The SMILES string of the molecule is CC(CC(Cl)Cl)C(C(=O)O)C1CC1. The van der Waals surface area contributed by atoms with E-state index in [2.05, 4.69) is 0 Å². The molecule has 0 radical (unpaired) electrons. The van der Waals surface area contributed by atoms with Gasteiger partial charge in [0.1, 0.15) is 4.84 Å². The Balaban J connectivity index is 2.48. The van der Waals surface area contributed by atoms with Gasteiger partial charge in [0.25, 0.3) is 0 Å². The quantitative estimate of drug-likeness (QED) is 0.730. The van der Waals surface area contributed by atoms with Crippen LogP contribution in [0.3, 0.4) is 0 Å². The summed E-state index contributed by atoms with van der Waals surface area (Å²) < 4.78 is 0. The van der Waals surface area contributed by atoms with Crippen molar-refractivity contribution >= 4 is 29.2 Å². The van der Waals surface area contributed by atoms with Crippen molar-refractivity contribution < 1.29 is 9.90 Å². The van der Waals surface area contributed by atoms with Crippen molar-refractivity contribution in [3.63, 3.8) is 0 Å². The molecule has 0 aromatic carbocycles. The second-order valence-electron chi connectivity index (χ2n) is 3.81. The van der Waals surface area contributed by atoms with Gasteiger partial charge in [-0.3, -0.25) is 4.79 Å². The monoisotopic (exact) mass is 224 g/mol. The minimum Gasteiger partial charge on any atom is -0.481 e. The van der Waals surface area contributed by atoms with Crippen LogP contribution in [0.25, 0.3) is 0 Å². The van der Waals surface area contributed by atoms with Gasteiger partial charge in [0.15, 0.2) is 0 Å². The summed E-state index contributed by atoms with van der Waals surface area (Å²) in [4.78, 5) is 10.5. The van der Waals surface area contributed by atoms with E-state index in [4.69, 9.17) is 28.3 Å². The van der Waals surface area contributed by atoms with Gasteiger partial charge < -0.3 is 5.11 Å². The minimum absolute atomic E-state index is 0.0741. The molecule has 4 heteroatoms. The predicted molar refractivity (Wildman–Crippen MR) is 53.1 cm³/mol.